The number of allylic oxidation sites excluding steroid dienone is 3. The number of rotatable bonds is 21. The molecule has 0 radical (unpaired) electrons. The van der Waals surface area contributed by atoms with Crippen LogP contribution < -0.4 is 14.8 Å². The van der Waals surface area contributed by atoms with E-state index >= 15 is 0 Å². The SMILES string of the molecule is CC[N+](CCCS(=O)(=O)OC)=c1ccc2c(/C=C/C=C3/N(CCCCCC(=O)O)c4ccc(S(=O)(=O)O)cc4C3(C)CCOCCOC)ccoc-2c1. The minimum Gasteiger partial charge on any atom is -0.481 e. The third kappa shape index (κ3) is 11.1. The molecule has 3 aliphatic rings. The molecule has 0 bridgehead atoms. The first-order valence-electron chi connectivity index (χ1n) is 17.7. The van der Waals surface area contributed by atoms with E-state index in [1.165, 1.54) is 12.1 Å². The van der Waals surface area contributed by atoms with E-state index in [4.69, 9.17) is 19.0 Å². The van der Waals surface area contributed by atoms with Crippen LogP contribution in [0.5, 0.6) is 0 Å². The van der Waals surface area contributed by atoms with Gasteiger partial charge in [-0.3, -0.25) is 13.5 Å². The highest BCUT2D eigenvalue weighted by atomic mass is 32.2. The maximum absolute atomic E-state index is 12.2. The molecule has 15 heteroatoms. The number of carboxylic acid groups (broad SMARTS) is 1. The van der Waals surface area contributed by atoms with Crippen molar-refractivity contribution in [1.29, 1.82) is 0 Å². The monoisotopic (exact) mass is 775 g/mol. The summed E-state index contributed by atoms with van der Waals surface area (Å²) in [5.74, 6) is -0.249. The predicted molar refractivity (Wildman–Crippen MR) is 203 cm³/mol. The number of nitrogens with zero attached hydrogens (tertiary/aromatic N) is 2. The topological polar surface area (TPSA) is 173 Å². The Bertz CT molecular complexity index is 2040. The molecule has 53 heavy (non-hydrogen) atoms. The largest absolute Gasteiger partial charge is 0.481 e. The summed E-state index contributed by atoms with van der Waals surface area (Å²) in [4.78, 5) is 13.1. The molecule has 290 valence electrons. The van der Waals surface area contributed by atoms with Gasteiger partial charge in [0.1, 0.15) is 18.8 Å². The van der Waals surface area contributed by atoms with E-state index in [1.807, 2.05) is 56.3 Å². The van der Waals surface area contributed by atoms with Gasteiger partial charge in [-0.2, -0.15) is 16.8 Å². The Morgan fingerprint density at radius 3 is 2.49 bits per heavy atom. The van der Waals surface area contributed by atoms with Crippen molar-refractivity contribution in [2.24, 2.45) is 0 Å². The number of fused-ring (bicyclic) bond motifs is 2. The van der Waals surface area contributed by atoms with Gasteiger partial charge in [-0.15, -0.1) is 0 Å². The number of aliphatic carboxylic acids is 1. The number of anilines is 1. The third-order valence-electron chi connectivity index (χ3n) is 9.53. The number of carbonyl (C=O) groups is 1. The van der Waals surface area contributed by atoms with Crippen LogP contribution in [0.3, 0.4) is 0 Å². The lowest BCUT2D eigenvalue weighted by atomic mass is 9.78. The number of carboxylic acids is 1. The Kier molecular flexibility index (Phi) is 15.0. The van der Waals surface area contributed by atoms with Gasteiger partial charge in [0.05, 0.1) is 43.3 Å². The molecular weight excluding hydrogens is 725 g/mol. The highest BCUT2D eigenvalue weighted by molar-refractivity contribution is 7.86. The summed E-state index contributed by atoms with van der Waals surface area (Å²) in [6.45, 7) is 7.00. The van der Waals surface area contributed by atoms with Gasteiger partial charge in [0.25, 0.3) is 20.2 Å². The molecule has 0 saturated carbocycles. The number of methoxy groups -OCH3 is 1. The molecule has 1 unspecified atom stereocenters. The number of benzene rings is 2. The summed E-state index contributed by atoms with van der Waals surface area (Å²) in [5, 5.41) is 10.0. The molecule has 0 aromatic heterocycles. The van der Waals surface area contributed by atoms with Crippen LogP contribution in [0, 0.1) is 0 Å². The third-order valence-corrected chi connectivity index (χ3v) is 11.7. The maximum Gasteiger partial charge on any atom is 0.303 e. The van der Waals surface area contributed by atoms with E-state index in [1.54, 1.807) is 19.4 Å². The average Bonchev–Trinajstić information content (AvgIpc) is 3.35. The summed E-state index contributed by atoms with van der Waals surface area (Å²) in [5.41, 5.74) is 3.53. The Hall–Kier alpha value is -3.86. The lowest BCUT2D eigenvalue weighted by molar-refractivity contribution is -0.137. The molecule has 4 rings (SSSR count). The Labute approximate surface area is 312 Å². The van der Waals surface area contributed by atoms with E-state index in [0.717, 1.165) is 40.5 Å². The van der Waals surface area contributed by atoms with Crippen LogP contribution in [0.15, 0.2) is 75.9 Å². The van der Waals surface area contributed by atoms with Crippen LogP contribution in [0.2, 0.25) is 0 Å². The van der Waals surface area contributed by atoms with Crippen molar-refractivity contribution < 1.29 is 49.4 Å². The first-order valence-corrected chi connectivity index (χ1v) is 20.7. The fourth-order valence-electron chi connectivity index (χ4n) is 6.63. The standard InChI is InChI=1S/C38H50N2O11S2/c1-5-39(20-10-26-52(43,44)49-4)30-14-16-32-29(18-22-51-35(32)27-30)11-9-12-36-38(2,19-23-50-25-24-48-3)33-28-31(53(45,46)47)15-17-34(33)40(36)21-8-6-7-13-37(41)42/h9,11-12,14-18,22,27-28H,5-8,10,13,19-21,23-26H2,1-4H3,(H-,41,42,45,46,47)/p+1. The molecule has 2 aliphatic heterocycles. The Balaban J connectivity index is 1.72. The normalized spacial score (nSPS) is 17.6. The molecule has 13 nitrogen and oxygen atoms in total. The second kappa shape index (κ2) is 18.9. The highest BCUT2D eigenvalue weighted by Gasteiger charge is 2.43. The summed E-state index contributed by atoms with van der Waals surface area (Å²) in [6, 6.07) is 12.4. The Morgan fingerprint density at radius 1 is 1.00 bits per heavy atom. The van der Waals surface area contributed by atoms with Gasteiger partial charge >= 0.3 is 5.97 Å². The van der Waals surface area contributed by atoms with Crippen LogP contribution in [0.25, 0.3) is 17.4 Å². The summed E-state index contributed by atoms with van der Waals surface area (Å²) in [6.07, 6.45) is 10.5. The molecule has 0 saturated heterocycles. The molecule has 2 N–H and O–H groups in total. The quantitative estimate of drug-likeness (QED) is 0.0631. The zero-order valence-electron chi connectivity index (χ0n) is 30.8. The van der Waals surface area contributed by atoms with Crippen molar-refractivity contribution in [3.8, 4) is 11.3 Å². The minimum atomic E-state index is -4.47. The number of hydrogen-bond acceptors (Lipinski definition) is 10. The zero-order chi connectivity index (χ0) is 38.6. The average molecular weight is 776 g/mol. The maximum atomic E-state index is 12.2. The molecular formula is C38H51N2O11S2+. The van der Waals surface area contributed by atoms with E-state index < -0.39 is 31.6 Å². The van der Waals surface area contributed by atoms with Gasteiger partial charge in [-0.05, 0) is 80.6 Å². The smallest absolute Gasteiger partial charge is 0.303 e. The molecule has 1 aromatic carbocycles. The zero-order valence-corrected chi connectivity index (χ0v) is 32.5. The van der Waals surface area contributed by atoms with Crippen LogP contribution in [0.1, 0.15) is 63.5 Å². The van der Waals surface area contributed by atoms with Gasteiger partial charge in [0, 0.05) is 61.5 Å². The first kappa shape index (κ1) is 41.9. The molecule has 1 atom stereocenters. The van der Waals surface area contributed by atoms with Crippen molar-refractivity contribution in [2.75, 3.05) is 64.3 Å². The number of ether oxygens (including phenoxy) is 2. The molecule has 0 amide bonds. The fraction of sp³-hybridized carbons (Fsp3) is 0.474. The summed E-state index contributed by atoms with van der Waals surface area (Å²) < 4.78 is 81.6. The van der Waals surface area contributed by atoms with Crippen LogP contribution in [-0.2, 0) is 44.1 Å². The van der Waals surface area contributed by atoms with Gasteiger partial charge in [-0.25, -0.2) is 4.58 Å². The number of hydrogen-bond donors (Lipinski definition) is 2. The van der Waals surface area contributed by atoms with Crippen molar-refractivity contribution in [3.05, 3.63) is 83.1 Å². The van der Waals surface area contributed by atoms with Crippen LogP contribution in [-0.4, -0.2) is 91.9 Å². The lowest BCUT2D eigenvalue weighted by Gasteiger charge is -2.30. The molecule has 1 aromatic rings. The second-order valence-corrected chi connectivity index (χ2v) is 16.3. The van der Waals surface area contributed by atoms with Gasteiger partial charge in [0.15, 0.2) is 0 Å². The summed E-state index contributed by atoms with van der Waals surface area (Å²) in [7, 11) is -5.24. The predicted octanol–water partition coefficient (Wildman–Crippen LogP) is 5.16. The van der Waals surface area contributed by atoms with E-state index in [-0.39, 0.29) is 17.1 Å². The van der Waals surface area contributed by atoms with Crippen LogP contribution in [0.4, 0.5) is 5.69 Å². The van der Waals surface area contributed by atoms with Crippen molar-refractivity contribution in [3.63, 3.8) is 0 Å². The van der Waals surface area contributed by atoms with E-state index in [9.17, 15) is 26.2 Å². The number of unbranched alkanes of at least 4 members (excludes halogenated alkanes) is 2. The fourth-order valence-corrected chi connectivity index (χ4v) is 7.78. The van der Waals surface area contributed by atoms with Gasteiger partial charge in [-0.1, -0.05) is 18.6 Å². The van der Waals surface area contributed by atoms with Crippen molar-refractivity contribution >= 4 is 38.0 Å². The van der Waals surface area contributed by atoms with Gasteiger partial charge in [0.2, 0.25) is 5.36 Å². The van der Waals surface area contributed by atoms with Crippen molar-refractivity contribution in [1.82, 2.24) is 4.58 Å². The van der Waals surface area contributed by atoms with Gasteiger partial charge < -0.3 is 23.9 Å². The first-order chi connectivity index (χ1) is 25.2. The molecule has 0 fully saturated rings. The van der Waals surface area contributed by atoms with E-state index in [0.29, 0.717) is 77.3 Å². The molecule has 0 spiro atoms. The van der Waals surface area contributed by atoms with Crippen molar-refractivity contribution in [2.45, 2.75) is 62.7 Å². The van der Waals surface area contributed by atoms with Crippen LogP contribution >= 0.6 is 0 Å². The molecule has 1 aliphatic carbocycles. The minimum absolute atomic E-state index is 0.0722. The molecule has 2 heterocycles. The highest BCUT2D eigenvalue weighted by Crippen LogP contribution is 2.51. The lowest BCUT2D eigenvalue weighted by Crippen LogP contribution is -2.31. The van der Waals surface area contributed by atoms with E-state index in [2.05, 4.69) is 13.7 Å². The Morgan fingerprint density at radius 2 is 1.79 bits per heavy atom. The second-order valence-electron chi connectivity index (χ2n) is 13.0. The summed E-state index contributed by atoms with van der Waals surface area (Å²) >= 11 is 0.